The minimum atomic E-state index is -4.39. The third kappa shape index (κ3) is 39.2. The van der Waals surface area contributed by atoms with Crippen LogP contribution in [0.5, 0.6) is 0 Å². The number of carbonyl (C=O) groups excluding carboxylic acids is 2. The lowest BCUT2D eigenvalue weighted by Gasteiger charge is -2.19. The molecule has 10 heteroatoms. The van der Waals surface area contributed by atoms with E-state index in [0.29, 0.717) is 12.8 Å². The van der Waals surface area contributed by atoms with Crippen molar-refractivity contribution >= 4 is 19.8 Å². The second-order valence-electron chi connectivity index (χ2n) is 13.5. The van der Waals surface area contributed by atoms with Crippen LogP contribution in [-0.4, -0.2) is 49.3 Å². The molecule has 0 bridgehead atoms. The van der Waals surface area contributed by atoms with Crippen molar-refractivity contribution < 1.29 is 37.6 Å². The maximum absolute atomic E-state index is 12.6. The number of allylic oxidation sites excluding steroid dienone is 10. The molecule has 0 heterocycles. The molecule has 0 aromatic rings. The van der Waals surface area contributed by atoms with Crippen LogP contribution in [0.25, 0.3) is 0 Å². The topological polar surface area (TPSA) is 134 Å². The Balaban J connectivity index is 4.27. The van der Waals surface area contributed by atoms with Crippen LogP contribution in [0.2, 0.25) is 0 Å². The average Bonchev–Trinajstić information content (AvgIpc) is 3.14. The van der Waals surface area contributed by atoms with Crippen molar-refractivity contribution in [2.45, 2.75) is 174 Å². The first kappa shape index (κ1) is 50.7. The summed E-state index contributed by atoms with van der Waals surface area (Å²) in [5.74, 6) is -0.875. The molecule has 0 aliphatic rings. The molecule has 0 aliphatic heterocycles. The Labute approximate surface area is 323 Å². The smallest absolute Gasteiger partial charge is 0.462 e. The number of ether oxygens (including phenoxy) is 2. The SMILES string of the molecule is CCCCCC=CCC=CCC=CCCCCCCC(=O)OC(COC(=O)CCCCCCCC=CCC=CCCCCC)COP(=O)(O)OCCN. The van der Waals surface area contributed by atoms with E-state index in [4.69, 9.17) is 24.3 Å². The normalized spacial score (nSPS) is 14.0. The Morgan fingerprint density at radius 1 is 0.566 bits per heavy atom. The molecule has 0 fully saturated rings. The number of phosphoric ester groups is 1. The van der Waals surface area contributed by atoms with Gasteiger partial charge in [-0.1, -0.05) is 132 Å². The number of hydrogen-bond acceptors (Lipinski definition) is 8. The van der Waals surface area contributed by atoms with Gasteiger partial charge in [0.2, 0.25) is 0 Å². The van der Waals surface area contributed by atoms with Crippen molar-refractivity contribution in [1.82, 2.24) is 0 Å². The average molecular weight is 766 g/mol. The Morgan fingerprint density at radius 2 is 0.981 bits per heavy atom. The zero-order valence-corrected chi connectivity index (χ0v) is 34.4. The Hall–Kier alpha value is -2.29. The van der Waals surface area contributed by atoms with Crippen LogP contribution in [0.1, 0.15) is 168 Å². The van der Waals surface area contributed by atoms with E-state index >= 15 is 0 Å². The maximum atomic E-state index is 12.6. The molecule has 0 spiro atoms. The van der Waals surface area contributed by atoms with Gasteiger partial charge in [0.25, 0.3) is 0 Å². The van der Waals surface area contributed by atoms with Gasteiger partial charge in [0.15, 0.2) is 6.10 Å². The molecule has 0 saturated carbocycles. The number of esters is 2. The molecule has 0 aliphatic carbocycles. The highest BCUT2D eigenvalue weighted by molar-refractivity contribution is 7.47. The molecule has 9 nitrogen and oxygen atoms in total. The fraction of sp³-hybridized carbons (Fsp3) is 0.721. The lowest BCUT2D eigenvalue weighted by Crippen LogP contribution is -2.29. The summed E-state index contributed by atoms with van der Waals surface area (Å²) < 4.78 is 32.7. The van der Waals surface area contributed by atoms with Gasteiger partial charge in [-0.25, -0.2) is 4.57 Å². The van der Waals surface area contributed by atoms with Gasteiger partial charge in [0, 0.05) is 19.4 Å². The van der Waals surface area contributed by atoms with Crippen molar-refractivity contribution in [2.75, 3.05) is 26.4 Å². The van der Waals surface area contributed by atoms with E-state index in [1.165, 1.54) is 51.4 Å². The van der Waals surface area contributed by atoms with Crippen LogP contribution in [-0.2, 0) is 32.7 Å². The number of phosphoric acid groups is 1. The zero-order valence-electron chi connectivity index (χ0n) is 33.5. The van der Waals surface area contributed by atoms with Gasteiger partial charge >= 0.3 is 19.8 Å². The number of nitrogens with two attached hydrogens (primary N) is 1. The first-order valence-corrected chi connectivity index (χ1v) is 22.3. The van der Waals surface area contributed by atoms with E-state index in [0.717, 1.165) is 77.0 Å². The molecule has 0 saturated heterocycles. The third-order valence-corrected chi connectivity index (χ3v) is 9.36. The molecule has 0 aromatic carbocycles. The van der Waals surface area contributed by atoms with E-state index in [2.05, 4.69) is 74.6 Å². The summed E-state index contributed by atoms with van der Waals surface area (Å²) in [6, 6.07) is 0. The summed E-state index contributed by atoms with van der Waals surface area (Å²) in [5.41, 5.74) is 5.34. The molecular weight excluding hydrogens is 689 g/mol. The highest BCUT2D eigenvalue weighted by atomic mass is 31.2. The highest BCUT2D eigenvalue weighted by Gasteiger charge is 2.25. The predicted molar refractivity (Wildman–Crippen MR) is 219 cm³/mol. The molecule has 306 valence electrons. The fourth-order valence-electron chi connectivity index (χ4n) is 5.26. The van der Waals surface area contributed by atoms with Crippen LogP contribution in [0, 0.1) is 0 Å². The summed E-state index contributed by atoms with van der Waals surface area (Å²) in [4.78, 5) is 34.8. The van der Waals surface area contributed by atoms with Gasteiger partial charge < -0.3 is 20.1 Å². The molecule has 0 aromatic heterocycles. The maximum Gasteiger partial charge on any atom is 0.472 e. The molecule has 2 atom stereocenters. The van der Waals surface area contributed by atoms with Gasteiger partial charge in [0.05, 0.1) is 13.2 Å². The minimum absolute atomic E-state index is 0.0447. The summed E-state index contributed by atoms with van der Waals surface area (Å²) >= 11 is 0. The zero-order chi connectivity index (χ0) is 38.9. The van der Waals surface area contributed by atoms with Gasteiger partial charge in [-0.05, 0) is 83.5 Å². The van der Waals surface area contributed by atoms with E-state index in [1.54, 1.807) is 0 Å². The molecule has 0 radical (unpaired) electrons. The second-order valence-corrected chi connectivity index (χ2v) is 14.9. The van der Waals surface area contributed by atoms with E-state index in [1.807, 2.05) is 0 Å². The molecule has 0 rings (SSSR count). The highest BCUT2D eigenvalue weighted by Crippen LogP contribution is 2.43. The largest absolute Gasteiger partial charge is 0.472 e. The number of unbranched alkanes of at least 4 members (excludes halogenated alkanes) is 15. The van der Waals surface area contributed by atoms with Crippen LogP contribution < -0.4 is 5.73 Å². The Kier molecular flexibility index (Phi) is 37.7. The number of hydrogen-bond donors (Lipinski definition) is 2. The molecule has 0 amide bonds. The van der Waals surface area contributed by atoms with Gasteiger partial charge in [-0.15, -0.1) is 0 Å². The Morgan fingerprint density at radius 3 is 1.45 bits per heavy atom. The van der Waals surface area contributed by atoms with E-state index < -0.39 is 32.5 Å². The number of carbonyl (C=O) groups is 2. The first-order valence-electron chi connectivity index (χ1n) is 20.8. The van der Waals surface area contributed by atoms with Crippen LogP contribution in [0.3, 0.4) is 0 Å². The Bertz CT molecular complexity index is 1050. The van der Waals surface area contributed by atoms with Gasteiger partial charge in [0.1, 0.15) is 6.61 Å². The quantitative estimate of drug-likeness (QED) is 0.0272. The summed E-state index contributed by atoms with van der Waals surface area (Å²) in [6.07, 6.45) is 45.3. The van der Waals surface area contributed by atoms with Crippen LogP contribution in [0.15, 0.2) is 60.8 Å². The van der Waals surface area contributed by atoms with Crippen LogP contribution in [0.4, 0.5) is 0 Å². The van der Waals surface area contributed by atoms with Crippen molar-refractivity contribution in [3.8, 4) is 0 Å². The van der Waals surface area contributed by atoms with E-state index in [9.17, 15) is 19.0 Å². The summed E-state index contributed by atoms with van der Waals surface area (Å²) in [5, 5.41) is 0. The van der Waals surface area contributed by atoms with Crippen LogP contribution >= 0.6 is 7.82 Å². The van der Waals surface area contributed by atoms with E-state index in [-0.39, 0.29) is 32.6 Å². The van der Waals surface area contributed by atoms with Crippen molar-refractivity contribution in [3.63, 3.8) is 0 Å². The van der Waals surface area contributed by atoms with Crippen molar-refractivity contribution in [3.05, 3.63) is 60.8 Å². The van der Waals surface area contributed by atoms with Crippen molar-refractivity contribution in [2.24, 2.45) is 5.73 Å². The second kappa shape index (κ2) is 39.4. The first-order chi connectivity index (χ1) is 25.8. The fourth-order valence-corrected chi connectivity index (χ4v) is 6.02. The third-order valence-electron chi connectivity index (χ3n) is 8.38. The summed E-state index contributed by atoms with van der Waals surface area (Å²) in [7, 11) is -4.39. The standard InChI is InChI=1S/C43H76NO8P/c1-3-5-7-9-11-13-15-17-19-20-22-24-26-28-30-32-34-36-43(46)52-41(40-51-53(47,48)50-38-37-44)39-49-42(45)35-33-31-29-27-25-23-21-18-16-14-12-10-8-6-4-2/h11-14,17-19,21-22,24,41H,3-10,15-16,20,23,25-40,44H2,1-2H3,(H,47,48). The molecule has 53 heavy (non-hydrogen) atoms. The lowest BCUT2D eigenvalue weighted by atomic mass is 10.1. The monoisotopic (exact) mass is 766 g/mol. The van der Waals surface area contributed by atoms with Gasteiger partial charge in [-0.2, -0.15) is 0 Å². The molecule has 3 N–H and O–H groups in total. The minimum Gasteiger partial charge on any atom is -0.462 e. The van der Waals surface area contributed by atoms with Gasteiger partial charge in [-0.3, -0.25) is 18.6 Å². The summed E-state index contributed by atoms with van der Waals surface area (Å²) in [6.45, 7) is 3.62. The molecular formula is C43H76NO8P. The van der Waals surface area contributed by atoms with Crippen molar-refractivity contribution in [1.29, 1.82) is 0 Å². The molecule has 2 unspecified atom stereocenters. The number of rotatable bonds is 38. The lowest BCUT2D eigenvalue weighted by molar-refractivity contribution is -0.161. The predicted octanol–water partition coefficient (Wildman–Crippen LogP) is 11.7.